The Labute approximate surface area is 110 Å². The maximum Gasteiger partial charge on any atom is 0.119 e. The highest BCUT2D eigenvalue weighted by atomic mass is 16.5. The molecule has 0 saturated carbocycles. The summed E-state index contributed by atoms with van der Waals surface area (Å²) in [5, 5.41) is 12.3. The van der Waals surface area contributed by atoms with Crippen LogP contribution in [0.5, 0.6) is 5.75 Å². The van der Waals surface area contributed by atoms with E-state index >= 15 is 0 Å². The van der Waals surface area contributed by atoms with Crippen molar-refractivity contribution in [1.29, 1.82) is 5.26 Å². The normalized spacial score (nSPS) is 12.3. The molecule has 1 N–H and O–H groups in total. The maximum atomic E-state index is 9.01. The summed E-state index contributed by atoms with van der Waals surface area (Å²) < 4.78 is 5.57. The molecule has 3 nitrogen and oxygen atoms in total. The minimum atomic E-state index is 0.0385. The summed E-state index contributed by atoms with van der Waals surface area (Å²) in [6.45, 7) is 8.82. The van der Waals surface area contributed by atoms with Gasteiger partial charge in [-0.15, -0.1) is 0 Å². The van der Waals surface area contributed by atoms with Crippen LogP contribution < -0.4 is 10.1 Å². The van der Waals surface area contributed by atoms with Gasteiger partial charge in [-0.25, -0.2) is 0 Å². The fourth-order valence-corrected chi connectivity index (χ4v) is 1.58. The molecule has 1 unspecified atom stereocenters. The number of hydrogen-bond acceptors (Lipinski definition) is 3. The van der Waals surface area contributed by atoms with Gasteiger partial charge in [0, 0.05) is 12.2 Å². The zero-order chi connectivity index (χ0) is 13.5. The molecule has 0 aliphatic rings. The molecule has 98 valence electrons. The Morgan fingerprint density at radius 3 is 2.22 bits per heavy atom. The average Bonchev–Trinajstić information content (AvgIpc) is 2.31. The van der Waals surface area contributed by atoms with Gasteiger partial charge in [0.05, 0.1) is 18.1 Å². The third kappa shape index (κ3) is 4.67. The molecule has 1 aromatic carbocycles. The third-order valence-corrected chi connectivity index (χ3v) is 2.72. The Balaban J connectivity index is 2.51. The average molecular weight is 246 g/mol. The summed E-state index contributed by atoms with van der Waals surface area (Å²) in [5.41, 5.74) is 1.02. The summed E-state index contributed by atoms with van der Waals surface area (Å²) >= 11 is 0. The lowest BCUT2D eigenvalue weighted by molar-refractivity contribution is 0.242. The van der Waals surface area contributed by atoms with Gasteiger partial charge in [-0.2, -0.15) is 5.26 Å². The van der Waals surface area contributed by atoms with Gasteiger partial charge in [-0.05, 0) is 44.0 Å². The van der Waals surface area contributed by atoms with E-state index in [2.05, 4.69) is 25.2 Å². The Bertz CT molecular complexity index is 390. The summed E-state index contributed by atoms with van der Waals surface area (Å²) in [4.78, 5) is 0. The highest BCUT2D eigenvalue weighted by molar-refractivity contribution is 5.46. The molecule has 0 bridgehead atoms. The van der Waals surface area contributed by atoms with Crippen molar-refractivity contribution in [1.82, 2.24) is 0 Å². The Hall–Kier alpha value is -1.69. The number of rotatable bonds is 6. The number of ether oxygens (including phenoxy) is 1. The number of benzene rings is 1. The zero-order valence-corrected chi connectivity index (χ0v) is 11.6. The first-order chi connectivity index (χ1) is 8.52. The second-order valence-corrected chi connectivity index (χ2v) is 5.05. The second kappa shape index (κ2) is 6.90. The van der Waals surface area contributed by atoms with Crippen LogP contribution in [0.15, 0.2) is 24.3 Å². The van der Waals surface area contributed by atoms with Gasteiger partial charge in [0.15, 0.2) is 0 Å². The van der Waals surface area contributed by atoms with Crippen molar-refractivity contribution >= 4 is 5.69 Å². The predicted octanol–water partition coefficient (Wildman–Crippen LogP) is 3.68. The molecule has 1 aromatic rings. The molecular formula is C15H22N2O. The van der Waals surface area contributed by atoms with Gasteiger partial charge in [0.1, 0.15) is 5.75 Å². The van der Waals surface area contributed by atoms with Crippen molar-refractivity contribution in [3.05, 3.63) is 24.3 Å². The Kier molecular flexibility index (Phi) is 5.51. The lowest BCUT2D eigenvalue weighted by Crippen LogP contribution is -2.17. The highest BCUT2D eigenvalue weighted by Gasteiger charge is 2.11. The number of nitrogens with zero attached hydrogens (tertiary/aromatic N) is 1. The van der Waals surface area contributed by atoms with Crippen LogP contribution in [0.2, 0.25) is 0 Å². The fraction of sp³-hybridized carbons (Fsp3) is 0.533. The van der Waals surface area contributed by atoms with E-state index < -0.39 is 0 Å². The molecule has 1 atom stereocenters. The first-order valence-corrected chi connectivity index (χ1v) is 6.43. The molecule has 0 saturated heterocycles. The van der Waals surface area contributed by atoms with Gasteiger partial charge in [0.2, 0.25) is 0 Å². The fourth-order valence-electron chi connectivity index (χ4n) is 1.58. The number of nitrogens with one attached hydrogen (secondary N) is 1. The SMILES string of the molecule is CC(C)Oc1ccc(NCC(C#N)C(C)C)cc1. The molecule has 0 spiro atoms. The largest absolute Gasteiger partial charge is 0.491 e. The molecule has 0 heterocycles. The van der Waals surface area contributed by atoms with Crippen LogP contribution in [-0.2, 0) is 0 Å². The summed E-state index contributed by atoms with van der Waals surface area (Å²) in [5.74, 6) is 1.28. The molecule has 18 heavy (non-hydrogen) atoms. The Morgan fingerprint density at radius 2 is 1.78 bits per heavy atom. The molecule has 0 radical (unpaired) electrons. The van der Waals surface area contributed by atoms with E-state index in [9.17, 15) is 0 Å². The summed E-state index contributed by atoms with van der Waals surface area (Å²) in [6.07, 6.45) is 0.188. The molecule has 0 aliphatic carbocycles. The standard InChI is InChI=1S/C15H22N2O/c1-11(2)13(9-16)10-17-14-5-7-15(8-6-14)18-12(3)4/h5-8,11-13,17H,10H2,1-4H3. The molecular weight excluding hydrogens is 224 g/mol. The number of nitriles is 1. The van der Waals surface area contributed by atoms with Gasteiger partial charge < -0.3 is 10.1 Å². The van der Waals surface area contributed by atoms with Crippen LogP contribution in [0.25, 0.3) is 0 Å². The molecule has 0 fully saturated rings. The van der Waals surface area contributed by atoms with E-state index in [-0.39, 0.29) is 12.0 Å². The third-order valence-electron chi connectivity index (χ3n) is 2.72. The van der Waals surface area contributed by atoms with Gasteiger partial charge in [0.25, 0.3) is 0 Å². The smallest absolute Gasteiger partial charge is 0.119 e. The first-order valence-electron chi connectivity index (χ1n) is 6.43. The van der Waals surface area contributed by atoms with Crippen LogP contribution in [0.3, 0.4) is 0 Å². The van der Waals surface area contributed by atoms with Crippen molar-refractivity contribution in [2.75, 3.05) is 11.9 Å². The van der Waals surface area contributed by atoms with E-state index in [1.807, 2.05) is 38.1 Å². The molecule has 0 amide bonds. The maximum absolute atomic E-state index is 9.01. The van der Waals surface area contributed by atoms with Crippen molar-refractivity contribution in [2.45, 2.75) is 33.8 Å². The number of anilines is 1. The lowest BCUT2D eigenvalue weighted by atomic mass is 9.97. The topological polar surface area (TPSA) is 45.0 Å². The minimum absolute atomic E-state index is 0.0385. The van der Waals surface area contributed by atoms with Gasteiger partial charge in [-0.3, -0.25) is 0 Å². The first kappa shape index (κ1) is 14.4. The number of hydrogen-bond donors (Lipinski definition) is 1. The quantitative estimate of drug-likeness (QED) is 0.832. The molecule has 1 rings (SSSR count). The van der Waals surface area contributed by atoms with Crippen LogP contribution in [0, 0.1) is 23.2 Å². The van der Waals surface area contributed by atoms with Crippen LogP contribution in [0.1, 0.15) is 27.7 Å². The van der Waals surface area contributed by atoms with E-state index in [1.54, 1.807) is 0 Å². The van der Waals surface area contributed by atoms with E-state index in [1.165, 1.54) is 0 Å². The van der Waals surface area contributed by atoms with Crippen molar-refractivity contribution in [3.8, 4) is 11.8 Å². The van der Waals surface area contributed by atoms with Crippen LogP contribution >= 0.6 is 0 Å². The Morgan fingerprint density at radius 1 is 1.17 bits per heavy atom. The summed E-state index contributed by atoms with van der Waals surface area (Å²) in [7, 11) is 0. The molecule has 0 aliphatic heterocycles. The molecule has 3 heteroatoms. The van der Waals surface area contributed by atoms with E-state index in [0.717, 1.165) is 11.4 Å². The van der Waals surface area contributed by atoms with Crippen molar-refractivity contribution < 1.29 is 4.74 Å². The minimum Gasteiger partial charge on any atom is -0.491 e. The molecule has 0 aromatic heterocycles. The van der Waals surface area contributed by atoms with Crippen LogP contribution in [0.4, 0.5) is 5.69 Å². The van der Waals surface area contributed by atoms with Gasteiger partial charge in [-0.1, -0.05) is 13.8 Å². The van der Waals surface area contributed by atoms with E-state index in [0.29, 0.717) is 12.5 Å². The predicted molar refractivity (Wildman–Crippen MR) is 74.6 cm³/mol. The van der Waals surface area contributed by atoms with Crippen molar-refractivity contribution in [2.24, 2.45) is 11.8 Å². The van der Waals surface area contributed by atoms with Crippen LogP contribution in [-0.4, -0.2) is 12.6 Å². The van der Waals surface area contributed by atoms with Gasteiger partial charge >= 0.3 is 0 Å². The zero-order valence-electron chi connectivity index (χ0n) is 11.6. The summed E-state index contributed by atoms with van der Waals surface area (Å²) in [6, 6.07) is 10.2. The highest BCUT2D eigenvalue weighted by Crippen LogP contribution is 2.18. The van der Waals surface area contributed by atoms with E-state index in [4.69, 9.17) is 10.00 Å². The second-order valence-electron chi connectivity index (χ2n) is 5.05. The monoisotopic (exact) mass is 246 g/mol. The van der Waals surface area contributed by atoms with Crippen molar-refractivity contribution in [3.63, 3.8) is 0 Å². The lowest BCUT2D eigenvalue weighted by Gasteiger charge is -2.15.